The van der Waals surface area contributed by atoms with Gasteiger partial charge < -0.3 is 0 Å². The van der Waals surface area contributed by atoms with Crippen molar-refractivity contribution in [1.82, 2.24) is 4.98 Å². The summed E-state index contributed by atoms with van der Waals surface area (Å²) in [7, 11) is 0. The molecule has 5 heteroatoms. The third-order valence-corrected chi connectivity index (χ3v) is 2.27. The van der Waals surface area contributed by atoms with Crippen LogP contribution < -0.4 is 0 Å². The highest BCUT2D eigenvalue weighted by molar-refractivity contribution is 6.29. The number of hydrogen-bond acceptors (Lipinski definition) is 1. The Morgan fingerprint density at radius 3 is 2.06 bits per heavy atom. The molecule has 0 atom stereocenters. The van der Waals surface area contributed by atoms with Crippen molar-refractivity contribution >= 4 is 11.6 Å². The largest absolute Gasteiger partial charge is 0.244 e. The summed E-state index contributed by atoms with van der Waals surface area (Å²) in [6.45, 7) is 0. The first-order valence-corrected chi connectivity index (χ1v) is 4.72. The van der Waals surface area contributed by atoms with Crippen LogP contribution in [0.3, 0.4) is 0 Å². The predicted octanol–water partition coefficient (Wildman–Crippen LogP) is 3.82. The van der Waals surface area contributed by atoms with Crippen LogP contribution in [0.4, 0.5) is 13.2 Å². The first-order chi connectivity index (χ1) is 7.58. The summed E-state index contributed by atoms with van der Waals surface area (Å²) in [5.41, 5.74) is 0.669. The molecule has 0 aliphatic heterocycles. The third-order valence-electron chi connectivity index (χ3n) is 2.04. The highest BCUT2D eigenvalue weighted by Gasteiger charge is 2.11. The minimum atomic E-state index is -1.48. The van der Waals surface area contributed by atoms with Gasteiger partial charge in [-0.1, -0.05) is 11.6 Å². The molecule has 16 heavy (non-hydrogen) atoms. The van der Waals surface area contributed by atoms with E-state index in [2.05, 4.69) is 4.98 Å². The number of rotatable bonds is 1. The average Bonchev–Trinajstić information content (AvgIpc) is 2.26. The SMILES string of the molecule is Fc1cc(-c2ccc(Cl)nc2)cc(F)c1F. The van der Waals surface area contributed by atoms with Gasteiger partial charge in [-0.05, 0) is 29.8 Å². The summed E-state index contributed by atoms with van der Waals surface area (Å²) >= 11 is 5.57. The molecule has 1 aromatic carbocycles. The molecule has 2 rings (SSSR count). The van der Waals surface area contributed by atoms with Crippen LogP contribution in [0.25, 0.3) is 11.1 Å². The third kappa shape index (κ3) is 2.02. The molecule has 0 radical (unpaired) electrons. The smallest absolute Gasteiger partial charge is 0.194 e. The van der Waals surface area contributed by atoms with E-state index < -0.39 is 17.5 Å². The maximum absolute atomic E-state index is 12.9. The molecule has 0 fully saturated rings. The molecule has 1 aromatic heterocycles. The zero-order valence-corrected chi connectivity index (χ0v) is 8.60. The summed E-state index contributed by atoms with van der Waals surface area (Å²) in [5, 5.41) is 0.270. The molecule has 0 saturated heterocycles. The number of halogens is 4. The van der Waals surface area contributed by atoms with Gasteiger partial charge in [0, 0.05) is 11.8 Å². The minimum Gasteiger partial charge on any atom is -0.244 e. The molecule has 0 aliphatic rings. The predicted molar refractivity (Wildman–Crippen MR) is 54.6 cm³/mol. The Kier molecular flexibility index (Phi) is 2.83. The van der Waals surface area contributed by atoms with E-state index in [0.29, 0.717) is 5.56 Å². The summed E-state index contributed by atoms with van der Waals surface area (Å²) in [4.78, 5) is 3.76. The van der Waals surface area contributed by atoms with Gasteiger partial charge in [-0.2, -0.15) is 0 Å². The lowest BCUT2D eigenvalue weighted by atomic mass is 10.1. The van der Waals surface area contributed by atoms with E-state index in [9.17, 15) is 13.2 Å². The first kappa shape index (κ1) is 11.0. The van der Waals surface area contributed by atoms with Crippen molar-refractivity contribution in [3.05, 3.63) is 53.1 Å². The summed E-state index contributed by atoms with van der Waals surface area (Å²) in [5.74, 6) is -3.94. The van der Waals surface area contributed by atoms with Gasteiger partial charge in [0.05, 0.1) is 0 Å². The van der Waals surface area contributed by atoms with Crippen molar-refractivity contribution in [3.8, 4) is 11.1 Å². The van der Waals surface area contributed by atoms with Crippen molar-refractivity contribution in [1.29, 1.82) is 0 Å². The van der Waals surface area contributed by atoms with E-state index >= 15 is 0 Å². The van der Waals surface area contributed by atoms with Gasteiger partial charge in [0.1, 0.15) is 5.15 Å². The highest BCUT2D eigenvalue weighted by atomic mass is 35.5. The molecule has 0 spiro atoms. The maximum Gasteiger partial charge on any atom is 0.194 e. The van der Waals surface area contributed by atoms with Crippen LogP contribution in [-0.4, -0.2) is 4.98 Å². The quantitative estimate of drug-likeness (QED) is 0.548. The van der Waals surface area contributed by atoms with E-state index in [-0.39, 0.29) is 10.7 Å². The Balaban J connectivity index is 2.52. The Bertz CT molecular complexity index is 502. The topological polar surface area (TPSA) is 12.9 Å². The summed E-state index contributed by atoms with van der Waals surface area (Å²) in [6, 6.07) is 4.84. The van der Waals surface area contributed by atoms with E-state index in [1.54, 1.807) is 6.07 Å². The number of nitrogens with zero attached hydrogens (tertiary/aromatic N) is 1. The summed E-state index contributed by atoms with van der Waals surface area (Å²) in [6.07, 6.45) is 1.36. The molecule has 0 saturated carbocycles. The molecule has 0 bridgehead atoms. The second-order valence-electron chi connectivity index (χ2n) is 3.12. The van der Waals surface area contributed by atoms with Crippen LogP contribution in [0.1, 0.15) is 0 Å². The van der Waals surface area contributed by atoms with Crippen LogP contribution in [0.15, 0.2) is 30.5 Å². The molecule has 0 N–H and O–H groups in total. The second-order valence-corrected chi connectivity index (χ2v) is 3.51. The molecule has 82 valence electrons. The fourth-order valence-corrected chi connectivity index (χ4v) is 1.38. The molecule has 0 unspecified atom stereocenters. The highest BCUT2D eigenvalue weighted by Crippen LogP contribution is 2.23. The van der Waals surface area contributed by atoms with Crippen molar-refractivity contribution in [2.45, 2.75) is 0 Å². The van der Waals surface area contributed by atoms with Gasteiger partial charge >= 0.3 is 0 Å². The van der Waals surface area contributed by atoms with E-state index in [0.717, 1.165) is 12.1 Å². The van der Waals surface area contributed by atoms with Crippen molar-refractivity contribution in [3.63, 3.8) is 0 Å². The Hall–Kier alpha value is -1.55. The molecule has 1 heterocycles. The second kappa shape index (κ2) is 4.14. The maximum atomic E-state index is 12.9. The standard InChI is InChI=1S/C11H5ClF3N/c12-10-2-1-6(5-16-10)7-3-8(13)11(15)9(14)4-7/h1-5H. The van der Waals surface area contributed by atoms with E-state index in [1.807, 2.05) is 0 Å². The van der Waals surface area contributed by atoms with Crippen molar-refractivity contribution in [2.24, 2.45) is 0 Å². The van der Waals surface area contributed by atoms with Gasteiger partial charge in [-0.3, -0.25) is 0 Å². The normalized spacial score (nSPS) is 10.5. The molecular weight excluding hydrogens is 239 g/mol. The Labute approximate surface area is 94.5 Å². The van der Waals surface area contributed by atoms with Crippen LogP contribution >= 0.6 is 11.6 Å². The lowest BCUT2D eigenvalue weighted by Crippen LogP contribution is -1.92. The Morgan fingerprint density at radius 1 is 0.938 bits per heavy atom. The Morgan fingerprint density at radius 2 is 1.56 bits per heavy atom. The molecule has 2 aromatic rings. The van der Waals surface area contributed by atoms with Gasteiger partial charge in [-0.25, -0.2) is 18.2 Å². The zero-order valence-electron chi connectivity index (χ0n) is 7.85. The molecular formula is C11H5ClF3N. The van der Waals surface area contributed by atoms with Crippen molar-refractivity contribution in [2.75, 3.05) is 0 Å². The fourth-order valence-electron chi connectivity index (χ4n) is 1.27. The van der Waals surface area contributed by atoms with Gasteiger partial charge in [0.25, 0.3) is 0 Å². The average molecular weight is 244 g/mol. The molecule has 0 amide bonds. The zero-order chi connectivity index (χ0) is 11.7. The van der Waals surface area contributed by atoms with Crippen LogP contribution in [0, 0.1) is 17.5 Å². The lowest BCUT2D eigenvalue weighted by molar-refractivity contribution is 0.447. The van der Waals surface area contributed by atoms with Gasteiger partial charge in [-0.15, -0.1) is 0 Å². The number of aromatic nitrogens is 1. The lowest BCUT2D eigenvalue weighted by Gasteiger charge is -2.03. The number of benzene rings is 1. The first-order valence-electron chi connectivity index (χ1n) is 4.34. The number of hydrogen-bond donors (Lipinski definition) is 0. The summed E-state index contributed by atoms with van der Waals surface area (Å²) < 4.78 is 38.6. The number of pyridine rings is 1. The van der Waals surface area contributed by atoms with E-state index in [4.69, 9.17) is 11.6 Å². The van der Waals surface area contributed by atoms with Crippen LogP contribution in [-0.2, 0) is 0 Å². The monoisotopic (exact) mass is 243 g/mol. The van der Waals surface area contributed by atoms with Crippen LogP contribution in [0.5, 0.6) is 0 Å². The molecule has 0 aliphatic carbocycles. The minimum absolute atomic E-state index is 0.209. The van der Waals surface area contributed by atoms with Gasteiger partial charge in [0.2, 0.25) is 0 Å². The molecule has 1 nitrogen and oxygen atoms in total. The van der Waals surface area contributed by atoms with Crippen molar-refractivity contribution < 1.29 is 13.2 Å². The van der Waals surface area contributed by atoms with Crippen LogP contribution in [0.2, 0.25) is 5.15 Å². The fraction of sp³-hybridized carbons (Fsp3) is 0. The van der Waals surface area contributed by atoms with Gasteiger partial charge in [0.15, 0.2) is 17.5 Å². The van der Waals surface area contributed by atoms with E-state index in [1.165, 1.54) is 12.3 Å².